The number of hydrogen-bond acceptors (Lipinski definition) is 4. The second kappa shape index (κ2) is 8.24. The van der Waals surface area contributed by atoms with Gasteiger partial charge in [-0.25, -0.2) is 13.1 Å². The Morgan fingerprint density at radius 2 is 1.59 bits per heavy atom. The van der Waals surface area contributed by atoms with Gasteiger partial charge in [-0.1, -0.05) is 66.7 Å². The van der Waals surface area contributed by atoms with Gasteiger partial charge in [0.05, 0.1) is 4.90 Å². The molecule has 29 heavy (non-hydrogen) atoms. The normalized spacial score (nSPS) is 17.8. The predicted octanol–water partition coefficient (Wildman–Crippen LogP) is 3.43. The number of benzene rings is 3. The quantitative estimate of drug-likeness (QED) is 0.652. The van der Waals surface area contributed by atoms with Gasteiger partial charge in [0.15, 0.2) is 0 Å². The second-order valence-electron chi connectivity index (χ2n) is 7.48. The summed E-state index contributed by atoms with van der Waals surface area (Å²) in [5.41, 5.74) is -0.588. The lowest BCUT2D eigenvalue weighted by atomic mass is 9.77. The van der Waals surface area contributed by atoms with Crippen LogP contribution in [-0.4, -0.2) is 33.3 Å². The van der Waals surface area contributed by atoms with Crippen LogP contribution in [0.3, 0.4) is 0 Å². The summed E-state index contributed by atoms with van der Waals surface area (Å²) in [5.74, 6) is -0.0890. The first-order valence-electron chi connectivity index (χ1n) is 9.84. The van der Waals surface area contributed by atoms with Gasteiger partial charge in [-0.3, -0.25) is 0 Å². The summed E-state index contributed by atoms with van der Waals surface area (Å²) in [6.45, 7) is 1.04. The highest BCUT2D eigenvalue weighted by Crippen LogP contribution is 2.36. The Kier molecular flexibility index (Phi) is 5.69. The molecule has 0 aliphatic carbocycles. The first kappa shape index (κ1) is 20.0. The molecule has 1 heterocycles. The topological polar surface area (TPSA) is 75.6 Å². The highest BCUT2D eigenvalue weighted by Gasteiger charge is 2.40. The Hall–Kier alpha value is -2.25. The van der Waals surface area contributed by atoms with Crippen LogP contribution in [0.2, 0.25) is 0 Å². The van der Waals surface area contributed by atoms with Crippen molar-refractivity contribution in [1.82, 2.24) is 4.72 Å². The molecule has 5 nitrogen and oxygen atoms in total. The zero-order valence-electron chi connectivity index (χ0n) is 16.1. The zero-order chi connectivity index (χ0) is 20.3. The van der Waals surface area contributed by atoms with Crippen molar-refractivity contribution in [1.29, 1.82) is 0 Å². The summed E-state index contributed by atoms with van der Waals surface area (Å²) in [6, 6.07) is 21.9. The number of nitrogens with one attached hydrogen (secondary N) is 1. The average Bonchev–Trinajstić information content (AvgIpc) is 2.78. The van der Waals surface area contributed by atoms with E-state index in [4.69, 9.17) is 4.74 Å². The summed E-state index contributed by atoms with van der Waals surface area (Å²) in [6.07, 6.45) is 1.36. The molecule has 1 fully saturated rings. The molecule has 0 unspecified atom stereocenters. The van der Waals surface area contributed by atoms with Gasteiger partial charge in [0.25, 0.3) is 0 Å². The van der Waals surface area contributed by atoms with E-state index in [1.165, 1.54) is 0 Å². The van der Waals surface area contributed by atoms with Crippen molar-refractivity contribution >= 4 is 20.8 Å². The first-order chi connectivity index (χ1) is 14.0. The zero-order valence-corrected chi connectivity index (χ0v) is 16.9. The monoisotopic (exact) mass is 411 g/mol. The van der Waals surface area contributed by atoms with E-state index < -0.39 is 15.6 Å². The maximum absolute atomic E-state index is 13.2. The van der Waals surface area contributed by atoms with Crippen LogP contribution in [0, 0.1) is 5.92 Å². The van der Waals surface area contributed by atoms with E-state index in [1.807, 2.05) is 54.6 Å². The Labute approximate surface area is 171 Å². The third kappa shape index (κ3) is 4.07. The fraction of sp³-hybridized carbons (Fsp3) is 0.304. The molecule has 3 aromatic rings. The molecule has 1 atom stereocenters. The van der Waals surface area contributed by atoms with Gasteiger partial charge >= 0.3 is 0 Å². The van der Waals surface area contributed by atoms with E-state index in [2.05, 4.69) is 4.72 Å². The summed E-state index contributed by atoms with van der Waals surface area (Å²) in [5, 5.41) is 13.2. The fourth-order valence-electron chi connectivity index (χ4n) is 4.10. The van der Waals surface area contributed by atoms with E-state index in [9.17, 15) is 13.5 Å². The van der Waals surface area contributed by atoms with Crippen molar-refractivity contribution in [2.24, 2.45) is 5.92 Å². The average molecular weight is 412 g/mol. The van der Waals surface area contributed by atoms with Crippen LogP contribution >= 0.6 is 0 Å². The lowest BCUT2D eigenvalue weighted by Crippen LogP contribution is -2.47. The Morgan fingerprint density at radius 1 is 0.931 bits per heavy atom. The third-order valence-corrected chi connectivity index (χ3v) is 7.20. The maximum Gasteiger partial charge on any atom is 0.241 e. The summed E-state index contributed by atoms with van der Waals surface area (Å²) in [4.78, 5) is 0.220. The van der Waals surface area contributed by atoms with Crippen LogP contribution in [0.25, 0.3) is 10.8 Å². The van der Waals surface area contributed by atoms with Crippen molar-refractivity contribution in [2.75, 3.05) is 19.8 Å². The Bertz CT molecular complexity index is 1070. The molecule has 0 bridgehead atoms. The number of fused-ring (bicyclic) bond motifs is 1. The highest BCUT2D eigenvalue weighted by atomic mass is 32.2. The lowest BCUT2D eigenvalue weighted by Gasteiger charge is -2.39. The van der Waals surface area contributed by atoms with Gasteiger partial charge in [-0.05, 0) is 35.8 Å². The molecule has 1 aliphatic rings. The predicted molar refractivity (Wildman–Crippen MR) is 113 cm³/mol. The van der Waals surface area contributed by atoms with Gasteiger partial charge in [0.1, 0.15) is 5.60 Å². The standard InChI is InChI=1S/C23H25NO4S/c25-23(19-9-2-1-3-10-19,20-13-15-28-16-14-20)17-24-29(26,27)22-12-6-8-18-7-4-5-11-21(18)22/h1-12,20,24-25H,13-17H2/t23-/m0/s1. The summed E-state index contributed by atoms with van der Waals surface area (Å²) in [7, 11) is -3.81. The molecule has 0 aromatic heterocycles. The second-order valence-corrected chi connectivity index (χ2v) is 9.21. The van der Waals surface area contributed by atoms with Gasteiger partial charge in [-0.2, -0.15) is 0 Å². The van der Waals surface area contributed by atoms with Crippen molar-refractivity contribution < 1.29 is 18.3 Å². The van der Waals surface area contributed by atoms with Crippen LogP contribution in [-0.2, 0) is 20.4 Å². The third-order valence-electron chi connectivity index (χ3n) is 5.74. The van der Waals surface area contributed by atoms with Gasteiger partial charge in [0, 0.05) is 25.1 Å². The van der Waals surface area contributed by atoms with Gasteiger partial charge in [-0.15, -0.1) is 0 Å². The van der Waals surface area contributed by atoms with E-state index >= 15 is 0 Å². The lowest BCUT2D eigenvalue weighted by molar-refractivity contribution is -0.0663. The van der Waals surface area contributed by atoms with E-state index in [0.717, 1.165) is 5.39 Å². The number of rotatable bonds is 6. The molecule has 6 heteroatoms. The molecule has 1 aliphatic heterocycles. The molecular weight excluding hydrogens is 386 g/mol. The van der Waals surface area contributed by atoms with Crippen molar-refractivity contribution in [3.63, 3.8) is 0 Å². The van der Waals surface area contributed by atoms with Gasteiger partial charge in [0.2, 0.25) is 10.0 Å². The smallest absolute Gasteiger partial charge is 0.241 e. The van der Waals surface area contributed by atoms with Gasteiger partial charge < -0.3 is 9.84 Å². The number of ether oxygens (including phenoxy) is 1. The first-order valence-corrected chi connectivity index (χ1v) is 11.3. The van der Waals surface area contributed by atoms with Crippen LogP contribution in [0.5, 0.6) is 0 Å². The largest absolute Gasteiger partial charge is 0.383 e. The van der Waals surface area contributed by atoms with E-state index in [-0.39, 0.29) is 17.4 Å². The van der Waals surface area contributed by atoms with Crippen LogP contribution in [0.15, 0.2) is 77.7 Å². The molecule has 3 aromatic carbocycles. The van der Waals surface area contributed by atoms with Crippen molar-refractivity contribution in [2.45, 2.75) is 23.3 Å². The fourth-order valence-corrected chi connectivity index (χ4v) is 5.40. The number of hydrogen-bond donors (Lipinski definition) is 2. The Morgan fingerprint density at radius 3 is 2.34 bits per heavy atom. The molecule has 152 valence electrons. The maximum atomic E-state index is 13.2. The highest BCUT2D eigenvalue weighted by molar-refractivity contribution is 7.89. The minimum absolute atomic E-state index is 0.0890. The molecule has 0 radical (unpaired) electrons. The molecule has 0 spiro atoms. The van der Waals surface area contributed by atoms with E-state index in [0.29, 0.717) is 37.0 Å². The Balaban J connectivity index is 1.66. The summed E-state index contributed by atoms with van der Waals surface area (Å²) >= 11 is 0. The molecule has 2 N–H and O–H groups in total. The van der Waals surface area contributed by atoms with Crippen LogP contribution in [0.4, 0.5) is 0 Å². The minimum atomic E-state index is -3.81. The number of aliphatic hydroxyl groups is 1. The molecule has 4 rings (SSSR count). The molecule has 1 saturated heterocycles. The summed E-state index contributed by atoms with van der Waals surface area (Å²) < 4.78 is 34.4. The molecule has 0 amide bonds. The van der Waals surface area contributed by atoms with Crippen molar-refractivity contribution in [3.8, 4) is 0 Å². The molecule has 0 saturated carbocycles. The van der Waals surface area contributed by atoms with Crippen LogP contribution in [0.1, 0.15) is 18.4 Å². The SMILES string of the molecule is O=S(=O)(NC[C@](O)(c1ccccc1)C1CCOCC1)c1cccc2ccccc12. The van der Waals surface area contributed by atoms with Crippen LogP contribution < -0.4 is 4.72 Å². The minimum Gasteiger partial charge on any atom is -0.383 e. The van der Waals surface area contributed by atoms with Crippen molar-refractivity contribution in [3.05, 3.63) is 78.4 Å². The van der Waals surface area contributed by atoms with E-state index in [1.54, 1.807) is 18.2 Å². The molecular formula is C23H25NO4S. The number of sulfonamides is 1.